The van der Waals surface area contributed by atoms with Crippen LogP contribution >= 0.6 is 0 Å². The van der Waals surface area contributed by atoms with Crippen molar-refractivity contribution in [2.45, 2.75) is 19.4 Å². The summed E-state index contributed by atoms with van der Waals surface area (Å²) in [7, 11) is 0. The highest BCUT2D eigenvalue weighted by atomic mass is 19.1. The van der Waals surface area contributed by atoms with Crippen LogP contribution in [-0.2, 0) is 0 Å². The Morgan fingerprint density at radius 2 is 1.77 bits per heavy atom. The smallest absolute Gasteiger partial charge is 0.150 e. The first-order valence-electron chi connectivity index (χ1n) is 12.1. The molecule has 2 aliphatic rings. The Kier molecular flexibility index (Phi) is 6.64. The van der Waals surface area contributed by atoms with Gasteiger partial charge in [0, 0.05) is 42.8 Å². The lowest BCUT2D eigenvalue weighted by Crippen LogP contribution is -2.49. The summed E-state index contributed by atoms with van der Waals surface area (Å²) in [5.74, 6) is 1.94. The third-order valence-corrected chi connectivity index (χ3v) is 6.74. The van der Waals surface area contributed by atoms with E-state index in [4.69, 9.17) is 9.47 Å². The number of nitrogens with zero attached hydrogens (tertiary/aromatic N) is 1. The average molecular weight is 476 g/mol. The number of aromatic hydroxyl groups is 2. The first-order chi connectivity index (χ1) is 17.1. The van der Waals surface area contributed by atoms with Crippen molar-refractivity contribution in [1.82, 2.24) is 4.90 Å². The van der Waals surface area contributed by atoms with E-state index in [9.17, 15) is 14.6 Å². The van der Waals surface area contributed by atoms with E-state index in [0.717, 1.165) is 59.6 Å². The topological polar surface area (TPSA) is 62.2 Å². The maximum absolute atomic E-state index is 12.6. The fraction of sp³-hybridized carbons (Fsp3) is 0.310. The molecular formula is C29H30FNO4. The molecule has 182 valence electrons. The molecule has 2 N–H and O–H groups in total. The van der Waals surface area contributed by atoms with Gasteiger partial charge in [0.15, 0.2) is 0 Å². The molecule has 2 heterocycles. The molecule has 0 aliphatic carbocycles. The summed E-state index contributed by atoms with van der Waals surface area (Å²) in [6.07, 6.45) is 0.359. The van der Waals surface area contributed by atoms with Gasteiger partial charge in [-0.1, -0.05) is 31.2 Å². The molecule has 0 bridgehead atoms. The highest BCUT2D eigenvalue weighted by Gasteiger charge is 2.31. The van der Waals surface area contributed by atoms with E-state index < -0.39 is 6.10 Å². The standard InChI is InChI=1S/C29H30FNO4/c1-2-25-26-11-8-23(33)15-27(26)35-29(28(25)21-4-3-5-22(32)14-21)20-6-9-24(10-7-20)34-13-12-31-17-19(16-30)18-31/h3-11,14-15,19,29,32-33H,2,12-13,16-18H2,1H3/t29-/m1/s1. The van der Waals surface area contributed by atoms with Crippen LogP contribution in [0.5, 0.6) is 23.0 Å². The van der Waals surface area contributed by atoms with Crippen LogP contribution in [0.15, 0.2) is 66.7 Å². The number of hydrogen-bond acceptors (Lipinski definition) is 5. The second-order valence-corrected chi connectivity index (χ2v) is 9.17. The molecule has 35 heavy (non-hydrogen) atoms. The molecule has 5 rings (SSSR count). The van der Waals surface area contributed by atoms with Crippen LogP contribution in [0.2, 0.25) is 0 Å². The lowest BCUT2D eigenvalue weighted by molar-refractivity contribution is 0.0668. The van der Waals surface area contributed by atoms with E-state index in [-0.39, 0.29) is 24.1 Å². The Morgan fingerprint density at radius 3 is 2.49 bits per heavy atom. The van der Waals surface area contributed by atoms with E-state index in [1.54, 1.807) is 24.3 Å². The van der Waals surface area contributed by atoms with Gasteiger partial charge in [-0.2, -0.15) is 0 Å². The van der Waals surface area contributed by atoms with Crippen molar-refractivity contribution in [3.05, 3.63) is 83.4 Å². The second kappa shape index (κ2) is 10.0. The maximum Gasteiger partial charge on any atom is 0.150 e. The molecule has 3 aromatic rings. The average Bonchev–Trinajstić information content (AvgIpc) is 2.84. The van der Waals surface area contributed by atoms with Crippen LogP contribution in [0, 0.1) is 5.92 Å². The highest BCUT2D eigenvalue weighted by Crippen LogP contribution is 2.49. The first-order valence-corrected chi connectivity index (χ1v) is 12.1. The number of rotatable bonds is 8. The van der Waals surface area contributed by atoms with Crippen molar-refractivity contribution >= 4 is 11.1 Å². The SMILES string of the molecule is CCC1=C(c2cccc(O)c2)[C@@H](c2ccc(OCCN3CC(CF)C3)cc2)Oc2cc(O)ccc21. The molecule has 1 atom stereocenters. The van der Waals surface area contributed by atoms with Gasteiger partial charge < -0.3 is 19.7 Å². The Labute approximate surface area is 205 Å². The van der Waals surface area contributed by atoms with Gasteiger partial charge in [0.05, 0.1) is 6.67 Å². The van der Waals surface area contributed by atoms with Gasteiger partial charge in [-0.25, -0.2) is 0 Å². The van der Waals surface area contributed by atoms with Crippen molar-refractivity contribution in [3.8, 4) is 23.0 Å². The van der Waals surface area contributed by atoms with Gasteiger partial charge >= 0.3 is 0 Å². The van der Waals surface area contributed by atoms with E-state index in [1.807, 2.05) is 42.5 Å². The number of halogens is 1. The van der Waals surface area contributed by atoms with Crippen molar-refractivity contribution < 1.29 is 24.1 Å². The number of fused-ring (bicyclic) bond motifs is 1. The van der Waals surface area contributed by atoms with E-state index in [0.29, 0.717) is 12.4 Å². The summed E-state index contributed by atoms with van der Waals surface area (Å²) in [5.41, 5.74) is 4.90. The molecule has 0 aromatic heterocycles. The molecule has 2 aliphatic heterocycles. The van der Waals surface area contributed by atoms with Gasteiger partial charge in [0.2, 0.25) is 0 Å². The molecule has 0 spiro atoms. The summed E-state index contributed by atoms with van der Waals surface area (Å²) in [4.78, 5) is 2.19. The van der Waals surface area contributed by atoms with Crippen LogP contribution in [0.25, 0.3) is 11.1 Å². The monoisotopic (exact) mass is 475 g/mol. The van der Waals surface area contributed by atoms with Gasteiger partial charge in [0.1, 0.15) is 35.7 Å². The van der Waals surface area contributed by atoms with Crippen molar-refractivity contribution in [2.24, 2.45) is 5.92 Å². The summed E-state index contributed by atoms with van der Waals surface area (Å²) in [6, 6.07) is 20.3. The first kappa shape index (κ1) is 23.2. The normalized spacial score (nSPS) is 18.1. The molecule has 0 radical (unpaired) electrons. The zero-order valence-electron chi connectivity index (χ0n) is 19.8. The molecule has 1 fully saturated rings. The summed E-state index contributed by atoms with van der Waals surface area (Å²) in [6.45, 7) is 4.80. The number of likely N-dealkylation sites (tertiary alicyclic amines) is 1. The van der Waals surface area contributed by atoms with Crippen LogP contribution in [0.3, 0.4) is 0 Å². The van der Waals surface area contributed by atoms with Crippen molar-refractivity contribution in [3.63, 3.8) is 0 Å². The van der Waals surface area contributed by atoms with E-state index in [2.05, 4.69) is 11.8 Å². The van der Waals surface area contributed by atoms with E-state index >= 15 is 0 Å². The van der Waals surface area contributed by atoms with Crippen LogP contribution in [0.4, 0.5) is 4.39 Å². The lowest BCUT2D eigenvalue weighted by Gasteiger charge is -2.37. The molecule has 5 nitrogen and oxygen atoms in total. The van der Waals surface area contributed by atoms with Crippen molar-refractivity contribution in [2.75, 3.05) is 32.9 Å². The zero-order chi connectivity index (χ0) is 24.4. The Morgan fingerprint density at radius 1 is 1.00 bits per heavy atom. The third-order valence-electron chi connectivity index (χ3n) is 6.74. The highest BCUT2D eigenvalue weighted by molar-refractivity contribution is 5.96. The summed E-state index contributed by atoms with van der Waals surface area (Å²) >= 11 is 0. The largest absolute Gasteiger partial charge is 0.508 e. The number of phenols is 2. The van der Waals surface area contributed by atoms with Gasteiger partial charge in [0.25, 0.3) is 0 Å². The minimum atomic E-state index is -0.408. The zero-order valence-corrected chi connectivity index (χ0v) is 19.8. The number of allylic oxidation sites excluding steroid dienone is 1. The number of phenolic OH excluding ortho intramolecular Hbond substituents is 2. The van der Waals surface area contributed by atoms with Crippen LogP contribution in [-0.4, -0.2) is 48.0 Å². The predicted octanol–water partition coefficient (Wildman–Crippen LogP) is 5.83. The summed E-state index contributed by atoms with van der Waals surface area (Å²) < 4.78 is 25.0. The predicted molar refractivity (Wildman–Crippen MR) is 135 cm³/mol. The molecule has 3 aromatic carbocycles. The Balaban J connectivity index is 1.41. The molecule has 6 heteroatoms. The van der Waals surface area contributed by atoms with Crippen molar-refractivity contribution in [1.29, 1.82) is 0 Å². The number of benzene rings is 3. The van der Waals surface area contributed by atoms with Gasteiger partial charge in [-0.3, -0.25) is 9.29 Å². The number of ether oxygens (including phenoxy) is 2. The second-order valence-electron chi connectivity index (χ2n) is 9.17. The summed E-state index contributed by atoms with van der Waals surface area (Å²) in [5, 5.41) is 20.2. The fourth-order valence-electron chi connectivity index (χ4n) is 4.95. The van der Waals surface area contributed by atoms with Crippen LogP contribution < -0.4 is 9.47 Å². The molecule has 0 unspecified atom stereocenters. The molecule has 0 amide bonds. The third kappa shape index (κ3) is 4.84. The fourth-order valence-corrected chi connectivity index (χ4v) is 4.95. The maximum atomic E-state index is 12.6. The Bertz CT molecular complexity index is 1220. The number of hydrogen-bond donors (Lipinski definition) is 2. The van der Waals surface area contributed by atoms with E-state index in [1.165, 1.54) is 0 Å². The van der Waals surface area contributed by atoms with Gasteiger partial charge in [-0.15, -0.1) is 0 Å². The molecule has 0 saturated carbocycles. The van der Waals surface area contributed by atoms with Crippen LogP contribution in [0.1, 0.15) is 36.1 Å². The molecule has 1 saturated heterocycles. The minimum Gasteiger partial charge on any atom is -0.508 e. The quantitative estimate of drug-likeness (QED) is 0.429. The Hall–Kier alpha value is -3.51. The molecular weight excluding hydrogens is 445 g/mol. The number of alkyl halides is 1. The van der Waals surface area contributed by atoms with Gasteiger partial charge in [-0.05, 0) is 59.5 Å². The minimum absolute atomic E-state index is 0.155. The lowest BCUT2D eigenvalue weighted by atomic mass is 9.84.